The van der Waals surface area contributed by atoms with Crippen LogP contribution < -0.4 is 11.2 Å². The van der Waals surface area contributed by atoms with Gasteiger partial charge >= 0.3 is 5.69 Å². The zero-order valence-corrected chi connectivity index (χ0v) is 8.23. The number of H-pyrrole nitrogens is 1. The predicted octanol–water partition coefficient (Wildman–Crippen LogP) is 0.834. The molecular weight excluding hydrogens is 192 g/mol. The molecular formula is C11H10N2O2. The van der Waals surface area contributed by atoms with Crippen molar-refractivity contribution in [2.24, 2.45) is 0 Å². The minimum absolute atomic E-state index is 0.329. The Morgan fingerprint density at radius 3 is 2.67 bits per heavy atom. The highest BCUT2D eigenvalue weighted by atomic mass is 16.2. The number of aryl methyl sites for hydroxylation is 1. The number of aromatic nitrogens is 2. The van der Waals surface area contributed by atoms with Crippen molar-refractivity contribution in [3.05, 3.63) is 62.9 Å². The molecule has 0 amide bonds. The van der Waals surface area contributed by atoms with Crippen LogP contribution in [0.1, 0.15) is 5.56 Å². The average Bonchev–Trinajstić information content (AvgIpc) is 2.17. The van der Waals surface area contributed by atoms with Gasteiger partial charge in [0, 0.05) is 12.3 Å². The van der Waals surface area contributed by atoms with Crippen LogP contribution in [-0.2, 0) is 0 Å². The zero-order valence-electron chi connectivity index (χ0n) is 8.23. The Morgan fingerprint density at radius 2 is 2.00 bits per heavy atom. The molecule has 2 aromatic rings. The highest BCUT2D eigenvalue weighted by Gasteiger charge is 2.02. The van der Waals surface area contributed by atoms with Gasteiger partial charge in [0.05, 0.1) is 5.69 Å². The first-order valence-electron chi connectivity index (χ1n) is 4.56. The lowest BCUT2D eigenvalue weighted by Gasteiger charge is -2.03. The fraction of sp³-hybridized carbons (Fsp3) is 0.0909. The Balaban J connectivity index is 2.75. The lowest BCUT2D eigenvalue weighted by Crippen LogP contribution is -2.32. The normalized spacial score (nSPS) is 10.2. The second-order valence-corrected chi connectivity index (χ2v) is 3.30. The Labute approximate surface area is 85.8 Å². The molecule has 0 aliphatic carbocycles. The Hall–Kier alpha value is -2.10. The summed E-state index contributed by atoms with van der Waals surface area (Å²) >= 11 is 0. The molecule has 2 rings (SSSR count). The van der Waals surface area contributed by atoms with Crippen molar-refractivity contribution in [1.82, 2.24) is 9.55 Å². The van der Waals surface area contributed by atoms with Gasteiger partial charge in [-0.2, -0.15) is 0 Å². The lowest BCUT2D eigenvalue weighted by molar-refractivity contribution is 0.874. The molecule has 4 nitrogen and oxygen atoms in total. The van der Waals surface area contributed by atoms with Crippen LogP contribution in [0, 0.1) is 6.92 Å². The minimum atomic E-state index is -0.423. The molecule has 0 saturated carbocycles. The molecule has 0 bridgehead atoms. The van der Waals surface area contributed by atoms with Gasteiger partial charge in [-0.3, -0.25) is 4.79 Å². The van der Waals surface area contributed by atoms with E-state index in [1.807, 2.05) is 19.1 Å². The molecule has 1 aromatic carbocycles. The number of rotatable bonds is 1. The molecule has 0 saturated heterocycles. The fourth-order valence-electron chi connectivity index (χ4n) is 1.43. The van der Waals surface area contributed by atoms with E-state index < -0.39 is 5.69 Å². The third-order valence-corrected chi connectivity index (χ3v) is 2.12. The van der Waals surface area contributed by atoms with Crippen molar-refractivity contribution in [3.63, 3.8) is 0 Å². The van der Waals surface area contributed by atoms with Gasteiger partial charge in [-0.05, 0) is 24.6 Å². The molecule has 0 unspecified atom stereocenters. The van der Waals surface area contributed by atoms with Gasteiger partial charge < -0.3 is 4.98 Å². The number of hydrogen-bond acceptors (Lipinski definition) is 2. The van der Waals surface area contributed by atoms with E-state index in [1.165, 1.54) is 12.3 Å². The van der Waals surface area contributed by atoms with E-state index in [1.54, 1.807) is 12.1 Å². The van der Waals surface area contributed by atoms with Crippen LogP contribution in [0.15, 0.2) is 46.1 Å². The zero-order chi connectivity index (χ0) is 10.8. The quantitative estimate of drug-likeness (QED) is 0.744. The molecule has 0 aliphatic heterocycles. The van der Waals surface area contributed by atoms with Crippen molar-refractivity contribution < 1.29 is 0 Å². The van der Waals surface area contributed by atoms with Gasteiger partial charge in [-0.15, -0.1) is 0 Å². The Morgan fingerprint density at radius 1 is 1.20 bits per heavy atom. The molecule has 1 heterocycles. The van der Waals surface area contributed by atoms with Gasteiger partial charge in [-0.25, -0.2) is 9.36 Å². The summed E-state index contributed by atoms with van der Waals surface area (Å²) in [6.07, 6.45) is 1.34. The highest BCUT2D eigenvalue weighted by Crippen LogP contribution is 2.05. The largest absolute Gasteiger partial charge is 0.332 e. The third kappa shape index (κ3) is 1.74. The van der Waals surface area contributed by atoms with Crippen LogP contribution >= 0.6 is 0 Å². The van der Waals surface area contributed by atoms with E-state index in [-0.39, 0.29) is 5.56 Å². The van der Waals surface area contributed by atoms with Crippen LogP contribution in [0.5, 0.6) is 0 Å². The van der Waals surface area contributed by atoms with Gasteiger partial charge in [-0.1, -0.05) is 12.1 Å². The van der Waals surface area contributed by atoms with Crippen molar-refractivity contribution in [1.29, 1.82) is 0 Å². The smallest absolute Gasteiger partial charge is 0.314 e. The number of hydrogen-bond donors (Lipinski definition) is 1. The first kappa shape index (κ1) is 9.45. The van der Waals surface area contributed by atoms with Gasteiger partial charge in [0.15, 0.2) is 0 Å². The van der Waals surface area contributed by atoms with Gasteiger partial charge in [0.25, 0.3) is 5.56 Å². The topological polar surface area (TPSA) is 54.9 Å². The molecule has 0 spiro atoms. The molecule has 0 aliphatic rings. The average molecular weight is 202 g/mol. The first-order chi connectivity index (χ1) is 7.18. The maximum Gasteiger partial charge on any atom is 0.332 e. The first-order valence-corrected chi connectivity index (χ1v) is 4.56. The summed E-state index contributed by atoms with van der Waals surface area (Å²) < 4.78 is 1.10. The highest BCUT2D eigenvalue weighted by molar-refractivity contribution is 5.34. The summed E-state index contributed by atoms with van der Waals surface area (Å²) in [5.41, 5.74) is 0.835. The summed E-state index contributed by atoms with van der Waals surface area (Å²) in [4.78, 5) is 25.4. The molecule has 4 heteroatoms. The van der Waals surface area contributed by atoms with Gasteiger partial charge in [0.1, 0.15) is 0 Å². The molecule has 15 heavy (non-hydrogen) atoms. The van der Waals surface area contributed by atoms with E-state index in [2.05, 4.69) is 4.98 Å². The molecule has 76 valence electrons. The second-order valence-electron chi connectivity index (χ2n) is 3.30. The Kier molecular flexibility index (Phi) is 2.25. The van der Waals surface area contributed by atoms with Crippen LogP contribution in [0.2, 0.25) is 0 Å². The summed E-state index contributed by atoms with van der Waals surface area (Å²) in [6.45, 7) is 1.91. The summed E-state index contributed by atoms with van der Waals surface area (Å²) in [6, 6.07) is 8.55. The Bertz CT molecular complexity index is 568. The molecule has 0 radical (unpaired) electrons. The number of nitrogens with one attached hydrogen (secondary N) is 1. The molecule has 1 aromatic heterocycles. The predicted molar refractivity (Wildman–Crippen MR) is 57.4 cm³/mol. The van der Waals surface area contributed by atoms with Gasteiger partial charge in [0.2, 0.25) is 0 Å². The molecule has 0 atom stereocenters. The van der Waals surface area contributed by atoms with Crippen molar-refractivity contribution in [3.8, 4) is 5.69 Å². The van der Waals surface area contributed by atoms with E-state index in [0.29, 0.717) is 5.69 Å². The van der Waals surface area contributed by atoms with Crippen LogP contribution in [-0.4, -0.2) is 9.55 Å². The minimum Gasteiger partial charge on any atom is -0.314 e. The number of aromatic amines is 1. The lowest BCUT2D eigenvalue weighted by atomic mass is 10.2. The van der Waals surface area contributed by atoms with E-state index in [4.69, 9.17) is 0 Å². The summed E-state index contributed by atoms with van der Waals surface area (Å²) in [5, 5.41) is 0. The SMILES string of the molecule is Cc1cccc(-n2c(=O)cc[nH]c2=O)c1. The monoisotopic (exact) mass is 202 g/mol. The van der Waals surface area contributed by atoms with Crippen molar-refractivity contribution >= 4 is 0 Å². The van der Waals surface area contributed by atoms with Crippen molar-refractivity contribution in [2.75, 3.05) is 0 Å². The fourth-order valence-corrected chi connectivity index (χ4v) is 1.43. The van der Waals surface area contributed by atoms with Crippen molar-refractivity contribution in [2.45, 2.75) is 6.92 Å². The van der Waals surface area contributed by atoms with Crippen LogP contribution in [0.3, 0.4) is 0 Å². The number of benzene rings is 1. The molecule has 1 N–H and O–H groups in total. The van der Waals surface area contributed by atoms with E-state index >= 15 is 0 Å². The standard InChI is InChI=1S/C11H10N2O2/c1-8-3-2-4-9(7-8)13-10(14)5-6-12-11(13)15/h2-7H,1H3,(H,12,15). The maximum atomic E-state index is 11.5. The van der Waals surface area contributed by atoms with E-state index in [0.717, 1.165) is 10.1 Å². The number of nitrogens with zero attached hydrogens (tertiary/aromatic N) is 1. The third-order valence-electron chi connectivity index (χ3n) is 2.12. The maximum absolute atomic E-state index is 11.5. The summed E-state index contributed by atoms with van der Waals surface area (Å²) in [5.74, 6) is 0. The summed E-state index contributed by atoms with van der Waals surface area (Å²) in [7, 11) is 0. The second kappa shape index (κ2) is 3.57. The van der Waals surface area contributed by atoms with E-state index in [9.17, 15) is 9.59 Å². The molecule has 0 fully saturated rings. The van der Waals surface area contributed by atoms with Crippen LogP contribution in [0.4, 0.5) is 0 Å². The van der Waals surface area contributed by atoms with Crippen LogP contribution in [0.25, 0.3) is 5.69 Å².